The minimum atomic E-state index is -4.02. The van der Waals surface area contributed by atoms with E-state index in [1.807, 2.05) is 13.8 Å². The van der Waals surface area contributed by atoms with Crippen molar-refractivity contribution in [2.45, 2.75) is 32.5 Å². The van der Waals surface area contributed by atoms with Gasteiger partial charge in [-0.2, -0.15) is 0 Å². The molecule has 0 amide bonds. The van der Waals surface area contributed by atoms with Gasteiger partial charge >= 0.3 is 7.60 Å². The molecule has 0 fully saturated rings. The van der Waals surface area contributed by atoms with Gasteiger partial charge in [-0.3, -0.25) is 4.57 Å². The van der Waals surface area contributed by atoms with Crippen LogP contribution in [0.25, 0.3) is 0 Å². The highest BCUT2D eigenvalue weighted by Gasteiger charge is 2.13. The normalized spacial score (nSPS) is 12.3. The Morgan fingerprint density at radius 2 is 1.67 bits per heavy atom. The maximum Gasteiger partial charge on any atom is 0.329 e. The molecule has 0 spiro atoms. The van der Waals surface area contributed by atoms with E-state index in [0.29, 0.717) is 18.3 Å². The predicted molar refractivity (Wildman–Crippen MR) is 71.3 cm³/mol. The van der Waals surface area contributed by atoms with E-state index in [9.17, 15) is 9.36 Å². The van der Waals surface area contributed by atoms with E-state index in [-0.39, 0.29) is 6.16 Å². The average Bonchev–Trinajstić information content (AvgIpc) is 2.32. The number of carbonyl (C=O) groups excluding carboxylic acids is 1. The smallest absolute Gasteiger partial charge is 0.324 e. The molecule has 0 aromatic heterocycles. The average molecular weight is 273 g/mol. The van der Waals surface area contributed by atoms with Crippen LogP contribution in [0.15, 0.2) is 24.3 Å². The maximum atomic E-state index is 10.7. The van der Waals surface area contributed by atoms with Gasteiger partial charge in [-0.1, -0.05) is 38.1 Å². The van der Waals surface area contributed by atoms with Crippen LogP contribution in [0, 0.1) is 0 Å². The molecular formula is C12H20NO4P. The van der Waals surface area contributed by atoms with Gasteiger partial charge in [-0.15, -0.1) is 0 Å². The van der Waals surface area contributed by atoms with Crippen molar-refractivity contribution in [2.24, 2.45) is 5.73 Å². The molecule has 0 unspecified atom stereocenters. The summed E-state index contributed by atoms with van der Waals surface area (Å²) in [7, 11) is -4.02. The molecule has 6 heteroatoms. The molecule has 0 saturated carbocycles. The third kappa shape index (κ3) is 7.35. The van der Waals surface area contributed by atoms with Crippen molar-refractivity contribution in [2.75, 3.05) is 0 Å². The zero-order chi connectivity index (χ0) is 14.2. The minimum absolute atomic E-state index is 0.271. The van der Waals surface area contributed by atoms with Gasteiger partial charge in [-0.05, 0) is 17.5 Å². The van der Waals surface area contributed by atoms with Crippen LogP contribution in [-0.2, 0) is 21.9 Å². The van der Waals surface area contributed by atoms with E-state index in [1.165, 1.54) is 0 Å². The molecule has 0 aliphatic rings. The monoisotopic (exact) mass is 273 g/mol. The fraction of sp³-hybridized carbons (Fsp3) is 0.417. The summed E-state index contributed by atoms with van der Waals surface area (Å²) in [5.74, 6) is 0. The van der Waals surface area contributed by atoms with Crippen LogP contribution in [0.2, 0.25) is 0 Å². The second-order valence-electron chi connectivity index (χ2n) is 3.64. The van der Waals surface area contributed by atoms with E-state index in [2.05, 4.69) is 0 Å². The summed E-state index contributed by atoms with van der Waals surface area (Å²) < 4.78 is 10.7. The molecule has 1 atom stereocenters. The van der Waals surface area contributed by atoms with Gasteiger partial charge in [0.2, 0.25) is 0 Å². The van der Waals surface area contributed by atoms with Crippen LogP contribution >= 0.6 is 7.60 Å². The van der Waals surface area contributed by atoms with Gasteiger partial charge in [0, 0.05) is 0 Å². The lowest BCUT2D eigenvalue weighted by molar-refractivity contribution is -0.108. The Morgan fingerprint density at radius 3 is 2.06 bits per heavy atom. The zero-order valence-electron chi connectivity index (χ0n) is 10.6. The summed E-state index contributed by atoms with van der Waals surface area (Å²) >= 11 is 0. The van der Waals surface area contributed by atoms with Crippen molar-refractivity contribution in [1.82, 2.24) is 0 Å². The molecule has 0 radical (unpaired) electrons. The van der Waals surface area contributed by atoms with Crippen molar-refractivity contribution >= 4 is 13.9 Å². The lowest BCUT2D eigenvalue weighted by atomic mass is 10.1. The SMILES string of the molecule is CC.N[C@H](C=O)Cc1ccc(CP(=O)(O)O)cc1. The fourth-order valence-corrected chi connectivity index (χ4v) is 2.03. The highest BCUT2D eigenvalue weighted by atomic mass is 31.2. The van der Waals surface area contributed by atoms with Crippen molar-refractivity contribution < 1.29 is 19.1 Å². The van der Waals surface area contributed by atoms with E-state index in [0.717, 1.165) is 5.56 Å². The van der Waals surface area contributed by atoms with Gasteiger partial charge in [0.25, 0.3) is 0 Å². The Bertz CT molecular complexity index is 399. The summed E-state index contributed by atoms with van der Waals surface area (Å²) in [5, 5.41) is 0. The van der Waals surface area contributed by atoms with Gasteiger partial charge in [0.1, 0.15) is 6.29 Å². The minimum Gasteiger partial charge on any atom is -0.324 e. The number of hydrogen-bond donors (Lipinski definition) is 3. The molecule has 0 bridgehead atoms. The topological polar surface area (TPSA) is 101 Å². The number of aldehydes is 1. The van der Waals surface area contributed by atoms with Crippen molar-refractivity contribution in [3.05, 3.63) is 35.4 Å². The van der Waals surface area contributed by atoms with Crippen LogP contribution in [0.3, 0.4) is 0 Å². The number of hydrogen-bond acceptors (Lipinski definition) is 3. The first-order valence-corrected chi connectivity index (χ1v) is 7.54. The Hall–Kier alpha value is -1.00. The van der Waals surface area contributed by atoms with Crippen LogP contribution < -0.4 is 5.73 Å². The van der Waals surface area contributed by atoms with E-state index < -0.39 is 13.6 Å². The molecular weight excluding hydrogens is 253 g/mol. The molecule has 0 aliphatic heterocycles. The van der Waals surface area contributed by atoms with Crippen molar-refractivity contribution in [3.8, 4) is 0 Å². The van der Waals surface area contributed by atoms with Gasteiger partial charge in [-0.25, -0.2) is 0 Å². The molecule has 0 heterocycles. The fourth-order valence-electron chi connectivity index (χ4n) is 1.34. The van der Waals surface area contributed by atoms with Crippen molar-refractivity contribution in [1.29, 1.82) is 0 Å². The zero-order valence-corrected chi connectivity index (χ0v) is 11.5. The highest BCUT2D eigenvalue weighted by Crippen LogP contribution is 2.38. The van der Waals surface area contributed by atoms with Gasteiger partial charge in [0.05, 0.1) is 12.2 Å². The van der Waals surface area contributed by atoms with Crippen molar-refractivity contribution in [3.63, 3.8) is 0 Å². The lowest BCUT2D eigenvalue weighted by Crippen LogP contribution is -2.23. The van der Waals surface area contributed by atoms with Crippen LogP contribution in [0.1, 0.15) is 25.0 Å². The Morgan fingerprint density at radius 1 is 1.22 bits per heavy atom. The van der Waals surface area contributed by atoms with Crippen LogP contribution in [-0.4, -0.2) is 22.1 Å². The Balaban J connectivity index is 0.00000137. The summed E-state index contributed by atoms with van der Waals surface area (Å²) in [5.41, 5.74) is 6.89. The maximum absolute atomic E-state index is 10.7. The quantitative estimate of drug-likeness (QED) is 0.557. The van der Waals surface area contributed by atoms with E-state index in [4.69, 9.17) is 15.5 Å². The summed E-state index contributed by atoms with van der Waals surface area (Å²) in [4.78, 5) is 27.9. The third-order valence-electron chi connectivity index (χ3n) is 2.06. The van der Waals surface area contributed by atoms with Gasteiger partial charge in [0.15, 0.2) is 0 Å². The molecule has 1 rings (SSSR count). The Labute approximate surface area is 107 Å². The summed E-state index contributed by atoms with van der Waals surface area (Å²) in [6, 6.07) is 6.16. The van der Waals surface area contributed by atoms with E-state index in [1.54, 1.807) is 24.3 Å². The van der Waals surface area contributed by atoms with Gasteiger partial charge < -0.3 is 20.3 Å². The first kappa shape index (κ1) is 17.0. The first-order chi connectivity index (χ1) is 8.40. The molecule has 5 nitrogen and oxygen atoms in total. The molecule has 4 N–H and O–H groups in total. The highest BCUT2D eigenvalue weighted by molar-refractivity contribution is 7.50. The third-order valence-corrected chi connectivity index (χ3v) is 2.83. The second-order valence-corrected chi connectivity index (χ2v) is 5.29. The van der Waals surface area contributed by atoms with Crippen LogP contribution in [0.5, 0.6) is 0 Å². The number of benzene rings is 1. The molecule has 1 aromatic rings. The van der Waals surface area contributed by atoms with Crippen LogP contribution in [0.4, 0.5) is 0 Å². The summed E-state index contributed by atoms with van der Waals surface area (Å²) in [6.45, 7) is 4.00. The molecule has 18 heavy (non-hydrogen) atoms. The first-order valence-electron chi connectivity index (χ1n) is 5.74. The Kier molecular flexibility index (Phi) is 7.71. The number of rotatable bonds is 5. The predicted octanol–water partition coefficient (Wildman–Crippen LogP) is 1.46. The lowest BCUT2D eigenvalue weighted by Gasteiger charge is -2.07. The standard InChI is InChI=1S/C10H14NO4P.C2H6/c11-10(6-12)5-8-1-3-9(4-2-8)7-16(13,14)15;1-2/h1-4,6,10H,5,7,11H2,(H2,13,14,15);1-2H3/t10-;/m0./s1. The molecule has 0 saturated heterocycles. The number of carbonyl (C=O) groups is 1. The second kappa shape index (κ2) is 8.16. The largest absolute Gasteiger partial charge is 0.329 e. The molecule has 1 aromatic carbocycles. The molecule has 102 valence electrons. The summed E-state index contributed by atoms with van der Waals surface area (Å²) in [6.07, 6.45) is 0.830. The molecule has 0 aliphatic carbocycles. The number of nitrogens with two attached hydrogens (primary N) is 1. The van der Waals surface area contributed by atoms with E-state index >= 15 is 0 Å².